The Balaban J connectivity index is 1.85. The number of rotatable bonds is 0. The largest absolute Gasteiger partial charge is 0.343 e. The number of hydrogen-bond donors (Lipinski definition) is 0. The predicted molar refractivity (Wildman–Crippen MR) is 54.7 cm³/mol. The molecule has 0 aromatic rings. The molecule has 2 heterocycles. The molecule has 0 radical (unpaired) electrons. The Morgan fingerprint density at radius 1 is 1.31 bits per heavy atom. The van der Waals surface area contributed by atoms with Crippen LogP contribution >= 0.6 is 8.30 Å². The van der Waals surface area contributed by atoms with Gasteiger partial charge >= 0.3 is 0 Å². The average Bonchev–Trinajstić information content (AvgIpc) is 2.48. The van der Waals surface area contributed by atoms with Gasteiger partial charge in [0, 0.05) is 18.5 Å². The summed E-state index contributed by atoms with van der Waals surface area (Å²) in [5.41, 5.74) is 0. The Labute approximate surface area is 81.5 Å². The lowest BCUT2D eigenvalue weighted by Crippen LogP contribution is -2.30. The van der Waals surface area contributed by atoms with Gasteiger partial charge in [-0.3, -0.25) is 4.67 Å². The van der Waals surface area contributed by atoms with Crippen molar-refractivity contribution >= 4 is 8.30 Å². The molecule has 2 nitrogen and oxygen atoms in total. The van der Waals surface area contributed by atoms with Crippen molar-refractivity contribution < 1.29 is 4.52 Å². The number of hydrogen-bond acceptors (Lipinski definition) is 2. The fraction of sp³-hybridized carbons (Fsp3) is 1.00. The Hall–Kier alpha value is 0.350. The molecular weight excluding hydrogens is 181 g/mol. The van der Waals surface area contributed by atoms with Gasteiger partial charge in [0.25, 0.3) is 0 Å². The lowest BCUT2D eigenvalue weighted by atomic mass is 9.80. The van der Waals surface area contributed by atoms with E-state index in [2.05, 4.69) is 11.3 Å². The maximum Gasteiger partial charge on any atom is 0.101 e. The third kappa shape index (κ3) is 1.26. The van der Waals surface area contributed by atoms with Crippen LogP contribution in [0.4, 0.5) is 0 Å². The molecule has 2 aliphatic heterocycles. The van der Waals surface area contributed by atoms with E-state index in [4.69, 9.17) is 4.52 Å². The van der Waals surface area contributed by atoms with Crippen molar-refractivity contribution in [3.63, 3.8) is 0 Å². The van der Waals surface area contributed by atoms with Gasteiger partial charge < -0.3 is 4.52 Å². The summed E-state index contributed by atoms with van der Waals surface area (Å²) in [6.07, 6.45) is 5.83. The molecule has 3 heteroatoms. The topological polar surface area (TPSA) is 12.5 Å². The van der Waals surface area contributed by atoms with Crippen molar-refractivity contribution in [3.05, 3.63) is 0 Å². The maximum atomic E-state index is 5.85. The van der Waals surface area contributed by atoms with Crippen LogP contribution in [0.25, 0.3) is 0 Å². The molecule has 0 spiro atoms. The second-order valence-corrected chi connectivity index (χ2v) is 6.36. The SMILES string of the molecule is CP1OC[C@@H]2CN1C1CCCC[C@@H]12. The minimum absolute atomic E-state index is 0.224. The Morgan fingerprint density at radius 2 is 2.15 bits per heavy atom. The second-order valence-electron chi connectivity index (χ2n) is 4.66. The zero-order chi connectivity index (χ0) is 8.84. The quantitative estimate of drug-likeness (QED) is 0.556. The standard InChI is InChI=1S/C10H18NOP/c1-13-11-6-8(7-12-13)9-4-2-3-5-10(9)11/h8-10H,2-7H2,1H3/t8-,9+,10?,13?/m0/s1. The van der Waals surface area contributed by atoms with Crippen LogP contribution in [0.3, 0.4) is 0 Å². The van der Waals surface area contributed by atoms with E-state index in [1.807, 2.05) is 0 Å². The summed E-state index contributed by atoms with van der Waals surface area (Å²) in [5, 5.41) is 0. The summed E-state index contributed by atoms with van der Waals surface area (Å²) in [5.74, 6) is 1.87. The fourth-order valence-electron chi connectivity index (χ4n) is 3.35. The zero-order valence-corrected chi connectivity index (χ0v) is 9.17. The van der Waals surface area contributed by atoms with Gasteiger partial charge in [0.05, 0.1) is 6.61 Å². The van der Waals surface area contributed by atoms with Crippen molar-refractivity contribution in [3.8, 4) is 0 Å². The van der Waals surface area contributed by atoms with Gasteiger partial charge in [0.2, 0.25) is 0 Å². The second kappa shape index (κ2) is 3.18. The molecule has 13 heavy (non-hydrogen) atoms. The molecular formula is C10H18NOP. The van der Waals surface area contributed by atoms with Crippen LogP contribution in [-0.4, -0.2) is 30.5 Å². The molecule has 1 aliphatic carbocycles. The molecule has 3 rings (SSSR count). The third-order valence-electron chi connectivity index (χ3n) is 4.03. The molecule has 5 atom stereocenters. The highest BCUT2D eigenvalue weighted by Gasteiger charge is 2.47. The molecule has 2 bridgehead atoms. The monoisotopic (exact) mass is 199 g/mol. The molecule has 0 aromatic carbocycles. The van der Waals surface area contributed by atoms with E-state index < -0.39 is 0 Å². The molecule has 0 aromatic heterocycles. The van der Waals surface area contributed by atoms with E-state index in [0.717, 1.165) is 24.5 Å². The van der Waals surface area contributed by atoms with Crippen LogP contribution in [0.5, 0.6) is 0 Å². The molecule has 0 N–H and O–H groups in total. The first kappa shape index (κ1) is 8.64. The first-order valence-corrected chi connectivity index (χ1v) is 7.15. The Kier molecular flexibility index (Phi) is 2.12. The lowest BCUT2D eigenvalue weighted by molar-refractivity contribution is 0.208. The minimum atomic E-state index is -0.224. The summed E-state index contributed by atoms with van der Waals surface area (Å²) >= 11 is 0. The average molecular weight is 199 g/mol. The van der Waals surface area contributed by atoms with E-state index in [9.17, 15) is 0 Å². The molecule has 2 saturated heterocycles. The summed E-state index contributed by atoms with van der Waals surface area (Å²) in [6.45, 7) is 4.68. The van der Waals surface area contributed by atoms with Gasteiger partial charge in [-0.2, -0.15) is 0 Å². The Bertz CT molecular complexity index is 209. The number of nitrogens with zero attached hydrogens (tertiary/aromatic N) is 1. The maximum absolute atomic E-state index is 5.85. The fourth-order valence-corrected chi connectivity index (χ4v) is 5.05. The van der Waals surface area contributed by atoms with E-state index in [0.29, 0.717) is 0 Å². The van der Waals surface area contributed by atoms with Gasteiger partial charge in [0.15, 0.2) is 0 Å². The van der Waals surface area contributed by atoms with Crippen LogP contribution in [-0.2, 0) is 4.52 Å². The van der Waals surface area contributed by atoms with Gasteiger partial charge in [-0.05, 0) is 25.4 Å². The molecule has 74 valence electrons. The molecule has 3 fully saturated rings. The smallest absolute Gasteiger partial charge is 0.101 e. The van der Waals surface area contributed by atoms with Crippen molar-refractivity contribution in [2.24, 2.45) is 11.8 Å². The molecule has 3 unspecified atom stereocenters. The van der Waals surface area contributed by atoms with Gasteiger partial charge in [-0.1, -0.05) is 12.8 Å². The van der Waals surface area contributed by atoms with E-state index in [1.54, 1.807) is 0 Å². The molecule has 3 aliphatic rings. The van der Waals surface area contributed by atoms with Gasteiger partial charge in [-0.15, -0.1) is 0 Å². The van der Waals surface area contributed by atoms with E-state index in [1.165, 1.54) is 32.2 Å². The van der Waals surface area contributed by atoms with Crippen LogP contribution in [0.2, 0.25) is 0 Å². The predicted octanol–water partition coefficient (Wildman–Crippen LogP) is 2.45. The zero-order valence-electron chi connectivity index (χ0n) is 8.28. The minimum Gasteiger partial charge on any atom is -0.343 e. The van der Waals surface area contributed by atoms with Crippen LogP contribution in [0.15, 0.2) is 0 Å². The van der Waals surface area contributed by atoms with Crippen molar-refractivity contribution in [1.29, 1.82) is 0 Å². The summed E-state index contributed by atoms with van der Waals surface area (Å²) in [4.78, 5) is 0. The third-order valence-corrected chi connectivity index (χ3v) is 5.73. The first-order chi connectivity index (χ1) is 6.36. The van der Waals surface area contributed by atoms with Gasteiger partial charge in [0.1, 0.15) is 8.30 Å². The van der Waals surface area contributed by atoms with Crippen LogP contribution in [0.1, 0.15) is 25.7 Å². The van der Waals surface area contributed by atoms with Crippen molar-refractivity contribution in [1.82, 2.24) is 4.67 Å². The molecule has 1 saturated carbocycles. The highest BCUT2D eigenvalue weighted by molar-refractivity contribution is 7.49. The van der Waals surface area contributed by atoms with E-state index >= 15 is 0 Å². The van der Waals surface area contributed by atoms with Crippen molar-refractivity contribution in [2.75, 3.05) is 19.8 Å². The normalized spacial score (nSPS) is 54.7. The highest BCUT2D eigenvalue weighted by Crippen LogP contribution is 2.55. The molecule has 0 amide bonds. The van der Waals surface area contributed by atoms with Crippen molar-refractivity contribution in [2.45, 2.75) is 31.7 Å². The summed E-state index contributed by atoms with van der Waals surface area (Å²) in [6, 6.07) is 0.900. The van der Waals surface area contributed by atoms with Crippen LogP contribution < -0.4 is 0 Å². The lowest BCUT2D eigenvalue weighted by Gasteiger charge is -2.33. The highest BCUT2D eigenvalue weighted by atomic mass is 31.2. The Morgan fingerprint density at radius 3 is 3.08 bits per heavy atom. The van der Waals surface area contributed by atoms with Gasteiger partial charge in [-0.25, -0.2) is 0 Å². The van der Waals surface area contributed by atoms with Crippen LogP contribution in [0, 0.1) is 11.8 Å². The van der Waals surface area contributed by atoms with E-state index in [-0.39, 0.29) is 8.30 Å². The summed E-state index contributed by atoms with van der Waals surface area (Å²) < 4.78 is 8.52. The first-order valence-electron chi connectivity index (χ1n) is 5.49. The number of fused-ring (bicyclic) bond motifs is 5. The summed E-state index contributed by atoms with van der Waals surface area (Å²) in [7, 11) is -0.224.